The number of rotatable bonds is 1. The first-order valence-corrected chi connectivity index (χ1v) is 7.88. The lowest BCUT2D eigenvalue weighted by Crippen LogP contribution is -2.35. The second-order valence-electron chi connectivity index (χ2n) is 6.53. The van der Waals surface area contributed by atoms with Crippen molar-refractivity contribution in [3.63, 3.8) is 0 Å². The van der Waals surface area contributed by atoms with Crippen molar-refractivity contribution in [1.82, 2.24) is 14.8 Å². The predicted octanol–water partition coefficient (Wildman–Crippen LogP) is 3.94. The van der Waals surface area contributed by atoms with Gasteiger partial charge in [-0.3, -0.25) is 14.7 Å². The molecule has 1 atom stereocenters. The molecular weight excluding hydrogens is 328 g/mol. The van der Waals surface area contributed by atoms with Gasteiger partial charge in [0.15, 0.2) is 0 Å². The number of nitrogens with zero attached hydrogens (tertiary/aromatic N) is 4. The number of hydrogen-bond donors (Lipinski definition) is 0. The molecule has 21 heavy (non-hydrogen) atoms. The minimum atomic E-state index is 0.133. The molecule has 0 unspecified atom stereocenters. The summed E-state index contributed by atoms with van der Waals surface area (Å²) in [6, 6.07) is 4.26. The number of aromatic nitrogens is 3. The Hall–Kier alpha value is -1.49. The fourth-order valence-electron chi connectivity index (χ4n) is 2.67. The van der Waals surface area contributed by atoms with Crippen LogP contribution in [-0.2, 0) is 6.54 Å². The van der Waals surface area contributed by atoms with Gasteiger partial charge in [0.05, 0.1) is 24.0 Å². The fourth-order valence-corrected chi connectivity index (χ4v) is 3.28. The zero-order valence-corrected chi connectivity index (χ0v) is 14.3. The van der Waals surface area contributed by atoms with E-state index >= 15 is 0 Å². The van der Waals surface area contributed by atoms with E-state index in [1.807, 2.05) is 12.1 Å². The first-order chi connectivity index (χ1) is 9.88. The third kappa shape index (κ3) is 2.55. The van der Waals surface area contributed by atoms with E-state index in [0.717, 1.165) is 33.7 Å². The normalized spacial score (nSPS) is 18.3. The smallest absolute Gasteiger partial charge is 0.136 e. The predicted molar refractivity (Wildman–Crippen MR) is 88.6 cm³/mol. The molecule has 1 aliphatic rings. The zero-order valence-electron chi connectivity index (χ0n) is 12.8. The van der Waals surface area contributed by atoms with Crippen molar-refractivity contribution >= 4 is 21.6 Å². The van der Waals surface area contributed by atoms with Crippen molar-refractivity contribution in [1.29, 1.82) is 0 Å². The molecule has 3 rings (SSSR count). The van der Waals surface area contributed by atoms with Gasteiger partial charge in [-0.15, -0.1) is 0 Å². The highest BCUT2D eigenvalue weighted by molar-refractivity contribution is 9.10. The van der Waals surface area contributed by atoms with Gasteiger partial charge in [0.2, 0.25) is 0 Å². The van der Waals surface area contributed by atoms with Crippen LogP contribution in [0.4, 0.5) is 0 Å². The molecular formula is C16H19BrN4. The SMILES string of the molecule is CC1=N[C@H](C(C)(C)C)Cn2nc(Br)c(-c3ccncc3)c21. The summed E-state index contributed by atoms with van der Waals surface area (Å²) in [5, 5.41) is 4.67. The van der Waals surface area contributed by atoms with Crippen LogP contribution in [0.1, 0.15) is 33.4 Å². The van der Waals surface area contributed by atoms with Crippen LogP contribution in [0.15, 0.2) is 34.1 Å². The van der Waals surface area contributed by atoms with Gasteiger partial charge in [0, 0.05) is 18.0 Å². The van der Waals surface area contributed by atoms with Crippen LogP contribution in [0.3, 0.4) is 0 Å². The monoisotopic (exact) mass is 346 g/mol. The summed E-state index contributed by atoms with van der Waals surface area (Å²) in [4.78, 5) is 9.00. The second kappa shape index (κ2) is 5.05. The summed E-state index contributed by atoms with van der Waals surface area (Å²) >= 11 is 3.60. The lowest BCUT2D eigenvalue weighted by Gasteiger charge is -2.31. The third-order valence-electron chi connectivity index (χ3n) is 3.92. The number of pyridine rings is 1. The van der Waals surface area contributed by atoms with E-state index in [2.05, 4.69) is 58.4 Å². The molecule has 110 valence electrons. The number of halogens is 1. The Balaban J connectivity index is 2.13. The van der Waals surface area contributed by atoms with E-state index in [1.165, 1.54) is 0 Å². The van der Waals surface area contributed by atoms with Gasteiger partial charge in [0.25, 0.3) is 0 Å². The lowest BCUT2D eigenvalue weighted by atomic mass is 9.86. The van der Waals surface area contributed by atoms with Crippen LogP contribution in [-0.4, -0.2) is 26.5 Å². The Morgan fingerprint density at radius 2 is 1.90 bits per heavy atom. The summed E-state index contributed by atoms with van der Waals surface area (Å²) in [7, 11) is 0. The lowest BCUT2D eigenvalue weighted by molar-refractivity contribution is 0.279. The Labute approximate surface area is 133 Å². The summed E-state index contributed by atoms with van der Waals surface area (Å²) in [5.74, 6) is 0. The highest BCUT2D eigenvalue weighted by Gasteiger charge is 2.32. The molecule has 0 aromatic carbocycles. The van der Waals surface area contributed by atoms with Crippen molar-refractivity contribution < 1.29 is 0 Å². The molecule has 2 aromatic rings. The summed E-state index contributed by atoms with van der Waals surface area (Å²) in [5.41, 5.74) is 4.50. The Morgan fingerprint density at radius 1 is 1.24 bits per heavy atom. The highest BCUT2D eigenvalue weighted by atomic mass is 79.9. The molecule has 0 N–H and O–H groups in total. The molecule has 0 saturated heterocycles. The fraction of sp³-hybridized carbons (Fsp3) is 0.438. The average Bonchev–Trinajstić information content (AvgIpc) is 2.75. The number of hydrogen-bond acceptors (Lipinski definition) is 3. The first kappa shape index (κ1) is 14.4. The molecule has 0 fully saturated rings. The molecule has 5 heteroatoms. The first-order valence-electron chi connectivity index (χ1n) is 7.09. The highest BCUT2D eigenvalue weighted by Crippen LogP contribution is 2.35. The minimum absolute atomic E-state index is 0.133. The maximum absolute atomic E-state index is 4.91. The van der Waals surface area contributed by atoms with E-state index in [9.17, 15) is 0 Å². The maximum atomic E-state index is 4.91. The van der Waals surface area contributed by atoms with E-state index in [0.29, 0.717) is 0 Å². The summed E-state index contributed by atoms with van der Waals surface area (Å²) < 4.78 is 2.95. The van der Waals surface area contributed by atoms with Crippen LogP contribution in [0.2, 0.25) is 0 Å². The van der Waals surface area contributed by atoms with E-state index in [-0.39, 0.29) is 11.5 Å². The quantitative estimate of drug-likeness (QED) is 0.784. The van der Waals surface area contributed by atoms with E-state index in [1.54, 1.807) is 12.4 Å². The molecule has 3 heterocycles. The molecule has 0 spiro atoms. The summed E-state index contributed by atoms with van der Waals surface area (Å²) in [6.45, 7) is 9.56. The number of aliphatic imine (C=N–C) groups is 1. The number of fused-ring (bicyclic) bond motifs is 1. The topological polar surface area (TPSA) is 43.1 Å². The van der Waals surface area contributed by atoms with Gasteiger partial charge in [-0.2, -0.15) is 5.10 Å². The van der Waals surface area contributed by atoms with Crippen LogP contribution in [0, 0.1) is 5.41 Å². The van der Waals surface area contributed by atoms with Crippen LogP contribution in [0.25, 0.3) is 11.1 Å². The molecule has 2 aromatic heterocycles. The maximum Gasteiger partial charge on any atom is 0.136 e. The largest absolute Gasteiger partial charge is 0.282 e. The molecule has 0 saturated carbocycles. The third-order valence-corrected chi connectivity index (χ3v) is 4.47. The molecule has 0 radical (unpaired) electrons. The van der Waals surface area contributed by atoms with Crippen molar-refractivity contribution in [2.45, 2.75) is 40.3 Å². The van der Waals surface area contributed by atoms with Crippen LogP contribution in [0.5, 0.6) is 0 Å². The van der Waals surface area contributed by atoms with E-state index < -0.39 is 0 Å². The van der Waals surface area contributed by atoms with Crippen molar-refractivity contribution in [3.05, 3.63) is 34.8 Å². The van der Waals surface area contributed by atoms with Crippen LogP contribution >= 0.6 is 15.9 Å². The standard InChI is InChI=1S/C16H19BrN4/c1-10-14-13(11-5-7-18-8-6-11)15(17)20-21(14)9-12(19-10)16(2,3)4/h5-8,12H,9H2,1-4H3/t12-/m0/s1. The van der Waals surface area contributed by atoms with Gasteiger partial charge in [0.1, 0.15) is 4.60 Å². The zero-order chi connectivity index (χ0) is 15.2. The van der Waals surface area contributed by atoms with Gasteiger partial charge < -0.3 is 0 Å². The Kier molecular flexibility index (Phi) is 3.48. The van der Waals surface area contributed by atoms with Crippen molar-refractivity contribution in [2.75, 3.05) is 0 Å². The molecule has 0 aliphatic carbocycles. The Morgan fingerprint density at radius 3 is 2.52 bits per heavy atom. The van der Waals surface area contributed by atoms with Crippen molar-refractivity contribution in [2.24, 2.45) is 10.4 Å². The van der Waals surface area contributed by atoms with Gasteiger partial charge in [-0.05, 0) is 46.0 Å². The Bertz CT molecular complexity index is 695. The van der Waals surface area contributed by atoms with Crippen molar-refractivity contribution in [3.8, 4) is 11.1 Å². The van der Waals surface area contributed by atoms with Gasteiger partial charge >= 0.3 is 0 Å². The minimum Gasteiger partial charge on any atom is -0.282 e. The van der Waals surface area contributed by atoms with Crippen LogP contribution < -0.4 is 0 Å². The molecule has 4 nitrogen and oxygen atoms in total. The molecule has 1 aliphatic heterocycles. The van der Waals surface area contributed by atoms with Gasteiger partial charge in [-0.25, -0.2) is 0 Å². The average molecular weight is 347 g/mol. The second-order valence-corrected chi connectivity index (χ2v) is 7.28. The summed E-state index contributed by atoms with van der Waals surface area (Å²) in [6.07, 6.45) is 3.61. The molecule has 0 bridgehead atoms. The van der Waals surface area contributed by atoms with Gasteiger partial charge in [-0.1, -0.05) is 20.8 Å². The van der Waals surface area contributed by atoms with E-state index in [4.69, 9.17) is 4.99 Å². The molecule has 0 amide bonds.